The fourth-order valence-corrected chi connectivity index (χ4v) is 5.27. The largest absolute Gasteiger partial charge is 0.491 e. The summed E-state index contributed by atoms with van der Waals surface area (Å²) in [4.78, 5) is 4.82. The first-order valence-corrected chi connectivity index (χ1v) is 13.9. The summed E-state index contributed by atoms with van der Waals surface area (Å²) in [5.74, 6) is 0.773. The summed E-state index contributed by atoms with van der Waals surface area (Å²) in [6, 6.07) is 39.9. The second-order valence-electron chi connectivity index (χ2n) is 10.3. The van der Waals surface area contributed by atoms with Crippen LogP contribution >= 0.6 is 0 Å². The predicted molar refractivity (Wildman–Crippen MR) is 161 cm³/mol. The van der Waals surface area contributed by atoms with Crippen molar-refractivity contribution < 1.29 is 9.84 Å². The van der Waals surface area contributed by atoms with E-state index in [1.54, 1.807) is 0 Å². The van der Waals surface area contributed by atoms with Crippen molar-refractivity contribution in [2.24, 2.45) is 0 Å². The third-order valence-corrected chi connectivity index (χ3v) is 7.41. The van der Waals surface area contributed by atoms with Crippen molar-refractivity contribution in [3.8, 4) is 5.75 Å². The van der Waals surface area contributed by atoms with Crippen molar-refractivity contribution in [2.75, 3.05) is 39.3 Å². The number of benzene rings is 4. The Bertz CT molecular complexity index is 1310. The Morgan fingerprint density at radius 2 is 1.18 bits per heavy atom. The van der Waals surface area contributed by atoms with Crippen molar-refractivity contribution >= 4 is 11.1 Å². The lowest BCUT2D eigenvalue weighted by Crippen LogP contribution is -2.48. The van der Waals surface area contributed by atoms with E-state index in [4.69, 9.17) is 4.74 Å². The maximum absolute atomic E-state index is 10.7. The fraction of sp³-hybridized carbons (Fsp3) is 0.257. The summed E-state index contributed by atoms with van der Waals surface area (Å²) in [7, 11) is 0. The zero-order valence-electron chi connectivity index (χ0n) is 22.7. The second kappa shape index (κ2) is 13.4. The first-order valence-electron chi connectivity index (χ1n) is 13.9. The summed E-state index contributed by atoms with van der Waals surface area (Å²) >= 11 is 0. The van der Waals surface area contributed by atoms with Gasteiger partial charge < -0.3 is 9.84 Å². The number of aliphatic hydroxyl groups is 1. The van der Waals surface area contributed by atoms with Crippen LogP contribution in [0.4, 0.5) is 0 Å². The van der Waals surface area contributed by atoms with Gasteiger partial charge in [0.05, 0.1) is 0 Å². The number of nitrogens with zero attached hydrogens (tertiary/aromatic N) is 2. The van der Waals surface area contributed by atoms with Crippen molar-refractivity contribution in [1.82, 2.24) is 9.80 Å². The van der Waals surface area contributed by atoms with Gasteiger partial charge in [-0.3, -0.25) is 9.80 Å². The lowest BCUT2D eigenvalue weighted by Gasteiger charge is -2.35. The van der Waals surface area contributed by atoms with E-state index in [2.05, 4.69) is 108 Å². The quantitative estimate of drug-likeness (QED) is 0.253. The number of rotatable bonds is 10. The number of hydrogen-bond acceptors (Lipinski definition) is 4. The Balaban J connectivity index is 1.16. The van der Waals surface area contributed by atoms with Crippen LogP contribution in [0.15, 0.2) is 115 Å². The number of piperazine rings is 1. The molecule has 0 saturated carbocycles. The van der Waals surface area contributed by atoms with Crippen LogP contribution in [0.1, 0.15) is 29.2 Å². The van der Waals surface area contributed by atoms with Gasteiger partial charge in [-0.1, -0.05) is 103 Å². The summed E-state index contributed by atoms with van der Waals surface area (Å²) in [5, 5.41) is 10.7. The van der Waals surface area contributed by atoms with E-state index < -0.39 is 6.10 Å². The highest BCUT2D eigenvalue weighted by Crippen LogP contribution is 2.32. The summed E-state index contributed by atoms with van der Waals surface area (Å²) in [5.41, 5.74) is 7.33. The molecule has 5 rings (SSSR count). The van der Waals surface area contributed by atoms with Crippen molar-refractivity contribution in [3.63, 3.8) is 0 Å². The van der Waals surface area contributed by atoms with Gasteiger partial charge in [-0.25, -0.2) is 0 Å². The molecule has 1 N–H and O–H groups in total. The molecule has 0 amide bonds. The maximum atomic E-state index is 10.7. The van der Waals surface area contributed by atoms with Crippen LogP contribution < -0.4 is 4.74 Å². The van der Waals surface area contributed by atoms with Crippen LogP contribution in [-0.2, 0) is 6.54 Å². The van der Waals surface area contributed by atoms with Gasteiger partial charge in [-0.05, 0) is 52.5 Å². The minimum absolute atomic E-state index is 0.286. The van der Waals surface area contributed by atoms with Crippen LogP contribution in [0, 0.1) is 0 Å². The van der Waals surface area contributed by atoms with Gasteiger partial charge in [-0.15, -0.1) is 0 Å². The Morgan fingerprint density at radius 1 is 0.667 bits per heavy atom. The molecule has 4 aromatic carbocycles. The van der Waals surface area contributed by atoms with Crippen molar-refractivity contribution in [1.29, 1.82) is 0 Å². The molecular formula is C35H38N2O2. The average molecular weight is 519 g/mol. The number of aliphatic hydroxyl groups excluding tert-OH is 1. The summed E-state index contributed by atoms with van der Waals surface area (Å²) in [6.07, 6.45) is -0.523. The van der Waals surface area contributed by atoms with Crippen LogP contribution in [0.2, 0.25) is 0 Å². The van der Waals surface area contributed by atoms with E-state index in [1.807, 2.05) is 24.3 Å². The number of allylic oxidation sites excluding steroid dienone is 1. The second-order valence-corrected chi connectivity index (χ2v) is 10.3. The molecular weight excluding hydrogens is 480 g/mol. The molecule has 1 unspecified atom stereocenters. The first kappa shape index (κ1) is 26.9. The van der Waals surface area contributed by atoms with Crippen LogP contribution in [-0.4, -0.2) is 60.3 Å². The molecule has 0 aliphatic carbocycles. The molecule has 0 bridgehead atoms. The molecule has 39 heavy (non-hydrogen) atoms. The standard InChI is InChI=1S/C35H38N2O2/c1-28(30-13-7-3-8-14-30)35(31-15-9-4-10-16-31)32-17-19-34(20-18-32)39-27-33(38)26-37-23-21-36(22-24-37)25-29-11-5-2-6-12-29/h2-20,33,38H,21-27H2,1H3/b35-28+. The van der Waals surface area contributed by atoms with Gasteiger partial charge >= 0.3 is 0 Å². The Hall–Kier alpha value is -3.70. The van der Waals surface area contributed by atoms with Gasteiger partial charge in [0, 0.05) is 39.3 Å². The highest BCUT2D eigenvalue weighted by molar-refractivity contribution is 5.97. The number of β-amino-alcohol motifs (C(OH)–C–C–N with tert-alkyl or cyclic N) is 1. The molecule has 200 valence electrons. The molecule has 1 atom stereocenters. The zero-order valence-corrected chi connectivity index (χ0v) is 22.7. The minimum Gasteiger partial charge on any atom is -0.491 e. The average Bonchev–Trinajstić information content (AvgIpc) is 2.99. The smallest absolute Gasteiger partial charge is 0.119 e. The molecule has 4 heteroatoms. The molecule has 1 aliphatic heterocycles. The lowest BCUT2D eigenvalue weighted by molar-refractivity contribution is 0.0446. The summed E-state index contributed by atoms with van der Waals surface area (Å²) < 4.78 is 5.99. The van der Waals surface area contributed by atoms with Crippen molar-refractivity contribution in [3.05, 3.63) is 138 Å². The van der Waals surface area contributed by atoms with Gasteiger partial charge in [0.2, 0.25) is 0 Å². The van der Waals surface area contributed by atoms with E-state index in [1.165, 1.54) is 27.8 Å². The third-order valence-electron chi connectivity index (χ3n) is 7.41. The van der Waals surface area contributed by atoms with Crippen LogP contribution in [0.25, 0.3) is 11.1 Å². The Kier molecular flexibility index (Phi) is 9.23. The van der Waals surface area contributed by atoms with Gasteiger partial charge in [0.25, 0.3) is 0 Å². The van der Waals surface area contributed by atoms with Gasteiger partial charge in [0.1, 0.15) is 18.5 Å². The molecule has 0 aromatic heterocycles. The van der Waals surface area contributed by atoms with Crippen LogP contribution in [0.5, 0.6) is 5.75 Å². The number of ether oxygens (including phenoxy) is 1. The monoisotopic (exact) mass is 518 g/mol. The first-order chi connectivity index (χ1) is 19.2. The minimum atomic E-state index is -0.523. The molecule has 4 aromatic rings. The predicted octanol–water partition coefficient (Wildman–Crippen LogP) is 6.22. The molecule has 1 fully saturated rings. The van der Waals surface area contributed by atoms with E-state index >= 15 is 0 Å². The van der Waals surface area contributed by atoms with Crippen LogP contribution in [0.3, 0.4) is 0 Å². The topological polar surface area (TPSA) is 35.9 Å². The molecule has 1 saturated heterocycles. The van der Waals surface area contributed by atoms with E-state index in [-0.39, 0.29) is 6.61 Å². The third kappa shape index (κ3) is 7.45. The van der Waals surface area contributed by atoms with Crippen molar-refractivity contribution in [2.45, 2.75) is 19.6 Å². The Morgan fingerprint density at radius 3 is 1.79 bits per heavy atom. The SMILES string of the molecule is C/C(=C(/c1ccccc1)c1ccc(OCC(O)CN2CCN(Cc3ccccc3)CC2)cc1)c1ccccc1. The molecule has 1 heterocycles. The summed E-state index contributed by atoms with van der Waals surface area (Å²) in [6.45, 7) is 8.06. The lowest BCUT2D eigenvalue weighted by atomic mass is 9.90. The highest BCUT2D eigenvalue weighted by Gasteiger charge is 2.20. The van der Waals surface area contributed by atoms with E-state index in [0.29, 0.717) is 6.54 Å². The molecule has 4 nitrogen and oxygen atoms in total. The fourth-order valence-electron chi connectivity index (χ4n) is 5.27. The molecule has 0 spiro atoms. The highest BCUT2D eigenvalue weighted by atomic mass is 16.5. The zero-order chi connectivity index (χ0) is 26.9. The maximum Gasteiger partial charge on any atom is 0.119 e. The normalized spacial score (nSPS) is 15.9. The molecule has 0 radical (unpaired) electrons. The van der Waals surface area contributed by atoms with E-state index in [0.717, 1.165) is 44.0 Å². The van der Waals surface area contributed by atoms with Gasteiger partial charge in [-0.2, -0.15) is 0 Å². The Labute approximate surface area is 232 Å². The van der Waals surface area contributed by atoms with E-state index in [9.17, 15) is 5.11 Å². The molecule has 1 aliphatic rings. The number of hydrogen-bond donors (Lipinski definition) is 1. The van der Waals surface area contributed by atoms with Gasteiger partial charge in [0.15, 0.2) is 0 Å².